The molecule has 0 spiro atoms. The Morgan fingerprint density at radius 3 is 3.00 bits per heavy atom. The fourth-order valence-corrected chi connectivity index (χ4v) is 2.24. The van der Waals surface area contributed by atoms with Crippen molar-refractivity contribution in [1.82, 2.24) is 9.88 Å². The minimum atomic E-state index is 0.0977. The molecule has 2 rings (SSSR count). The Balaban J connectivity index is 2.15. The first-order chi connectivity index (χ1) is 7.20. The topological polar surface area (TPSA) is 36.1 Å². The van der Waals surface area contributed by atoms with Gasteiger partial charge in [-0.15, -0.1) is 0 Å². The zero-order chi connectivity index (χ0) is 10.8. The first-order valence-electron chi connectivity index (χ1n) is 5.64. The van der Waals surface area contributed by atoms with Crippen molar-refractivity contribution in [3.05, 3.63) is 24.0 Å². The minimum Gasteiger partial charge on any atom is -0.363 e. The van der Waals surface area contributed by atoms with Crippen LogP contribution in [0.1, 0.15) is 38.4 Å². The van der Waals surface area contributed by atoms with E-state index in [1.165, 1.54) is 5.69 Å². The summed E-state index contributed by atoms with van der Waals surface area (Å²) in [5.41, 5.74) is 1.17. The van der Waals surface area contributed by atoms with Gasteiger partial charge in [0.2, 0.25) is 5.91 Å². The van der Waals surface area contributed by atoms with E-state index < -0.39 is 0 Å². The molecular weight excluding hydrogens is 188 g/mol. The molecule has 1 aliphatic rings. The third kappa shape index (κ3) is 1.91. The van der Waals surface area contributed by atoms with Gasteiger partial charge in [-0.05, 0) is 25.0 Å². The average Bonchev–Trinajstić information content (AvgIpc) is 2.86. The van der Waals surface area contributed by atoms with Crippen molar-refractivity contribution in [1.29, 1.82) is 0 Å². The summed E-state index contributed by atoms with van der Waals surface area (Å²) in [6.07, 6.45) is 4.12. The molecule has 15 heavy (non-hydrogen) atoms. The summed E-state index contributed by atoms with van der Waals surface area (Å²) in [5.74, 6) is 0.368. The Kier molecular flexibility index (Phi) is 2.80. The standard InChI is InChI=1S/C12H18N2O/c1-9(2)12(15)14-8-4-6-11(14)10-5-3-7-13-10/h3,5,7,9,11,13H,4,6,8H2,1-2H3. The van der Waals surface area contributed by atoms with Gasteiger partial charge in [-0.1, -0.05) is 13.8 Å². The maximum atomic E-state index is 12.0. The zero-order valence-electron chi connectivity index (χ0n) is 9.36. The number of aromatic amines is 1. The number of carbonyl (C=O) groups excluding carboxylic acids is 1. The molecule has 3 nitrogen and oxygen atoms in total. The Bertz CT molecular complexity index is 329. The molecule has 0 radical (unpaired) electrons. The Hall–Kier alpha value is -1.25. The van der Waals surface area contributed by atoms with E-state index in [1.54, 1.807) is 0 Å². The highest BCUT2D eigenvalue weighted by Crippen LogP contribution is 2.31. The fraction of sp³-hybridized carbons (Fsp3) is 0.583. The largest absolute Gasteiger partial charge is 0.363 e. The van der Waals surface area contributed by atoms with E-state index in [1.807, 2.05) is 31.0 Å². The van der Waals surface area contributed by atoms with Crippen molar-refractivity contribution < 1.29 is 4.79 Å². The van der Waals surface area contributed by atoms with Gasteiger partial charge < -0.3 is 9.88 Å². The van der Waals surface area contributed by atoms with Gasteiger partial charge in [-0.25, -0.2) is 0 Å². The van der Waals surface area contributed by atoms with Crippen LogP contribution in [0.3, 0.4) is 0 Å². The van der Waals surface area contributed by atoms with Gasteiger partial charge in [0.05, 0.1) is 6.04 Å². The monoisotopic (exact) mass is 206 g/mol. The average molecular weight is 206 g/mol. The molecular formula is C12H18N2O. The number of hydrogen-bond acceptors (Lipinski definition) is 1. The van der Waals surface area contributed by atoms with Crippen LogP contribution >= 0.6 is 0 Å². The van der Waals surface area contributed by atoms with Crippen LogP contribution in [0, 0.1) is 5.92 Å². The van der Waals surface area contributed by atoms with Crippen molar-refractivity contribution in [2.45, 2.75) is 32.7 Å². The summed E-state index contributed by atoms with van der Waals surface area (Å²) in [6.45, 7) is 4.83. The highest BCUT2D eigenvalue weighted by Gasteiger charge is 2.31. The molecule has 1 amide bonds. The summed E-state index contributed by atoms with van der Waals surface area (Å²) in [6, 6.07) is 4.33. The lowest BCUT2D eigenvalue weighted by Gasteiger charge is -2.25. The first-order valence-corrected chi connectivity index (χ1v) is 5.64. The zero-order valence-corrected chi connectivity index (χ0v) is 9.36. The molecule has 1 aromatic heterocycles. The number of nitrogens with zero attached hydrogens (tertiary/aromatic N) is 1. The lowest BCUT2D eigenvalue weighted by molar-refractivity contribution is -0.135. The predicted molar refractivity (Wildman–Crippen MR) is 59.3 cm³/mol. The molecule has 0 bridgehead atoms. The quantitative estimate of drug-likeness (QED) is 0.792. The number of hydrogen-bond donors (Lipinski definition) is 1. The van der Waals surface area contributed by atoms with Crippen LogP contribution < -0.4 is 0 Å². The van der Waals surface area contributed by atoms with Crippen LogP contribution in [0.5, 0.6) is 0 Å². The molecule has 1 saturated heterocycles. The van der Waals surface area contributed by atoms with Gasteiger partial charge in [0.25, 0.3) is 0 Å². The number of aromatic nitrogens is 1. The number of likely N-dealkylation sites (tertiary alicyclic amines) is 1. The molecule has 1 atom stereocenters. The summed E-state index contributed by atoms with van der Waals surface area (Å²) in [7, 11) is 0. The lowest BCUT2D eigenvalue weighted by atomic mass is 10.1. The summed E-state index contributed by atoms with van der Waals surface area (Å²) < 4.78 is 0. The second-order valence-corrected chi connectivity index (χ2v) is 4.47. The van der Waals surface area contributed by atoms with Gasteiger partial charge in [0.15, 0.2) is 0 Å². The van der Waals surface area contributed by atoms with Gasteiger partial charge >= 0.3 is 0 Å². The van der Waals surface area contributed by atoms with Crippen LogP contribution in [-0.2, 0) is 4.79 Å². The molecule has 1 N–H and O–H groups in total. The van der Waals surface area contributed by atoms with E-state index >= 15 is 0 Å². The number of amides is 1. The first kappa shape index (κ1) is 10.3. The number of nitrogens with one attached hydrogen (secondary N) is 1. The molecule has 0 aromatic carbocycles. The van der Waals surface area contributed by atoms with Gasteiger partial charge in [0, 0.05) is 24.4 Å². The van der Waals surface area contributed by atoms with Crippen molar-refractivity contribution >= 4 is 5.91 Å². The van der Waals surface area contributed by atoms with E-state index in [4.69, 9.17) is 0 Å². The van der Waals surface area contributed by atoms with E-state index in [2.05, 4.69) is 11.1 Å². The van der Waals surface area contributed by atoms with Gasteiger partial charge in [-0.3, -0.25) is 4.79 Å². The summed E-state index contributed by atoms with van der Waals surface area (Å²) in [5, 5.41) is 0. The highest BCUT2D eigenvalue weighted by atomic mass is 16.2. The number of rotatable bonds is 2. The molecule has 0 saturated carbocycles. The molecule has 0 aliphatic carbocycles. The number of H-pyrrole nitrogens is 1. The summed E-state index contributed by atoms with van der Waals surface area (Å²) in [4.78, 5) is 17.2. The molecule has 1 fully saturated rings. The SMILES string of the molecule is CC(C)C(=O)N1CCCC1c1ccc[nH]1. The van der Waals surface area contributed by atoms with E-state index in [0.717, 1.165) is 19.4 Å². The van der Waals surface area contributed by atoms with Gasteiger partial charge in [-0.2, -0.15) is 0 Å². The normalized spacial score (nSPS) is 21.3. The van der Waals surface area contributed by atoms with Crippen molar-refractivity contribution in [2.24, 2.45) is 5.92 Å². The van der Waals surface area contributed by atoms with Crippen LogP contribution in [-0.4, -0.2) is 22.3 Å². The maximum absolute atomic E-state index is 12.0. The third-order valence-electron chi connectivity index (χ3n) is 3.01. The molecule has 3 heteroatoms. The number of carbonyl (C=O) groups is 1. The molecule has 1 unspecified atom stereocenters. The Morgan fingerprint density at radius 1 is 1.60 bits per heavy atom. The van der Waals surface area contributed by atoms with E-state index in [0.29, 0.717) is 0 Å². The molecule has 1 aliphatic heterocycles. The van der Waals surface area contributed by atoms with Crippen LogP contribution in [0.2, 0.25) is 0 Å². The van der Waals surface area contributed by atoms with E-state index in [-0.39, 0.29) is 17.9 Å². The Morgan fingerprint density at radius 2 is 2.40 bits per heavy atom. The third-order valence-corrected chi connectivity index (χ3v) is 3.01. The minimum absolute atomic E-state index is 0.0977. The second-order valence-electron chi connectivity index (χ2n) is 4.47. The summed E-state index contributed by atoms with van der Waals surface area (Å²) >= 11 is 0. The van der Waals surface area contributed by atoms with E-state index in [9.17, 15) is 4.79 Å². The van der Waals surface area contributed by atoms with Crippen LogP contribution in [0.4, 0.5) is 0 Å². The van der Waals surface area contributed by atoms with Crippen molar-refractivity contribution in [3.63, 3.8) is 0 Å². The van der Waals surface area contributed by atoms with Gasteiger partial charge in [0.1, 0.15) is 0 Å². The van der Waals surface area contributed by atoms with Crippen molar-refractivity contribution in [2.75, 3.05) is 6.54 Å². The fourth-order valence-electron chi connectivity index (χ4n) is 2.24. The maximum Gasteiger partial charge on any atom is 0.225 e. The second kappa shape index (κ2) is 4.09. The highest BCUT2D eigenvalue weighted by molar-refractivity contribution is 5.78. The lowest BCUT2D eigenvalue weighted by Crippen LogP contribution is -2.33. The Labute approximate surface area is 90.5 Å². The molecule has 2 heterocycles. The predicted octanol–water partition coefficient (Wildman–Crippen LogP) is 2.33. The van der Waals surface area contributed by atoms with Crippen molar-refractivity contribution in [3.8, 4) is 0 Å². The molecule has 1 aromatic rings. The molecule has 82 valence electrons. The smallest absolute Gasteiger partial charge is 0.225 e. The van der Waals surface area contributed by atoms with Crippen LogP contribution in [0.15, 0.2) is 18.3 Å². The van der Waals surface area contributed by atoms with Crippen LogP contribution in [0.25, 0.3) is 0 Å².